The van der Waals surface area contributed by atoms with Crippen LogP contribution in [0.25, 0.3) is 11.4 Å². The van der Waals surface area contributed by atoms with Crippen molar-refractivity contribution in [2.45, 2.75) is 25.4 Å². The number of benzene rings is 1. The maximum Gasteiger partial charge on any atom is 0.248 e. The molecule has 1 aliphatic rings. The van der Waals surface area contributed by atoms with Crippen LogP contribution in [-0.2, 0) is 6.54 Å². The van der Waals surface area contributed by atoms with Crippen molar-refractivity contribution in [3.63, 3.8) is 0 Å². The van der Waals surface area contributed by atoms with Gasteiger partial charge in [0.1, 0.15) is 12.4 Å². The van der Waals surface area contributed by atoms with E-state index in [0.717, 1.165) is 12.8 Å². The molecule has 110 valence electrons. The zero-order valence-corrected chi connectivity index (χ0v) is 11.7. The Labute approximate surface area is 121 Å². The summed E-state index contributed by atoms with van der Waals surface area (Å²) in [5.41, 5.74) is 6.45. The van der Waals surface area contributed by atoms with E-state index in [9.17, 15) is 4.39 Å². The van der Waals surface area contributed by atoms with E-state index in [1.165, 1.54) is 12.1 Å². The number of rotatable bonds is 4. The summed E-state index contributed by atoms with van der Waals surface area (Å²) < 4.78 is 18.3. The van der Waals surface area contributed by atoms with Crippen LogP contribution in [0.15, 0.2) is 33.8 Å². The predicted octanol–water partition coefficient (Wildman–Crippen LogP) is 1.78. The number of aromatic nitrogens is 2. The van der Waals surface area contributed by atoms with Gasteiger partial charge in [0.05, 0.1) is 0 Å². The molecule has 6 nitrogen and oxygen atoms in total. The van der Waals surface area contributed by atoms with Gasteiger partial charge in [-0.1, -0.05) is 17.3 Å². The number of aliphatic imine (C=N–C) groups is 1. The first-order chi connectivity index (χ1) is 10.1. The minimum atomic E-state index is -0.341. The minimum absolute atomic E-state index is 0.214. The van der Waals surface area contributed by atoms with E-state index in [-0.39, 0.29) is 12.4 Å². The van der Waals surface area contributed by atoms with Gasteiger partial charge >= 0.3 is 0 Å². The second kappa shape index (κ2) is 5.51. The van der Waals surface area contributed by atoms with E-state index in [1.807, 2.05) is 11.9 Å². The highest BCUT2D eigenvalue weighted by Gasteiger charge is 2.27. The average Bonchev–Trinajstić information content (AvgIpc) is 3.22. The summed E-state index contributed by atoms with van der Waals surface area (Å²) in [4.78, 5) is 10.4. The SMILES string of the molecule is CN(C(N)=NCc1nc(-c2cccc(F)c2)no1)C1CC1. The number of nitrogens with two attached hydrogens (primary N) is 1. The van der Waals surface area contributed by atoms with E-state index < -0.39 is 0 Å². The van der Waals surface area contributed by atoms with Gasteiger partial charge in [-0.2, -0.15) is 4.98 Å². The van der Waals surface area contributed by atoms with E-state index in [2.05, 4.69) is 15.1 Å². The molecule has 1 aromatic heterocycles. The van der Waals surface area contributed by atoms with Crippen LogP contribution in [0.3, 0.4) is 0 Å². The normalized spacial score (nSPS) is 15.2. The summed E-state index contributed by atoms with van der Waals surface area (Å²) in [6, 6.07) is 6.54. The number of hydrogen-bond donors (Lipinski definition) is 1. The topological polar surface area (TPSA) is 80.5 Å². The van der Waals surface area contributed by atoms with Gasteiger partial charge in [0.2, 0.25) is 11.7 Å². The van der Waals surface area contributed by atoms with Crippen molar-refractivity contribution in [2.24, 2.45) is 10.7 Å². The summed E-state index contributed by atoms with van der Waals surface area (Å²) in [6.45, 7) is 0.214. The zero-order valence-electron chi connectivity index (χ0n) is 11.7. The fraction of sp³-hybridized carbons (Fsp3) is 0.357. The Kier molecular flexibility index (Phi) is 3.55. The molecule has 0 amide bonds. The molecule has 1 saturated carbocycles. The second-order valence-corrected chi connectivity index (χ2v) is 5.04. The van der Waals surface area contributed by atoms with Crippen molar-refractivity contribution in [2.75, 3.05) is 7.05 Å². The molecule has 0 unspecified atom stereocenters. The maximum atomic E-state index is 13.2. The molecule has 0 aliphatic heterocycles. The Morgan fingerprint density at radius 3 is 3.05 bits per heavy atom. The molecule has 0 bridgehead atoms. The van der Waals surface area contributed by atoms with Gasteiger partial charge in [-0.15, -0.1) is 0 Å². The van der Waals surface area contributed by atoms with Crippen LogP contribution >= 0.6 is 0 Å². The molecule has 2 aromatic rings. The van der Waals surface area contributed by atoms with E-state index in [1.54, 1.807) is 12.1 Å². The van der Waals surface area contributed by atoms with Crippen LogP contribution in [-0.4, -0.2) is 34.1 Å². The molecule has 0 spiro atoms. The van der Waals surface area contributed by atoms with Crippen molar-refractivity contribution >= 4 is 5.96 Å². The Hall–Kier alpha value is -2.44. The van der Waals surface area contributed by atoms with Gasteiger partial charge in [-0.25, -0.2) is 9.38 Å². The lowest BCUT2D eigenvalue weighted by molar-refractivity contribution is 0.379. The lowest BCUT2D eigenvalue weighted by atomic mass is 10.2. The molecule has 1 heterocycles. The van der Waals surface area contributed by atoms with Gasteiger partial charge in [0.25, 0.3) is 0 Å². The number of guanidine groups is 1. The molecule has 0 radical (unpaired) electrons. The highest BCUT2D eigenvalue weighted by atomic mass is 19.1. The lowest BCUT2D eigenvalue weighted by Crippen LogP contribution is -2.35. The summed E-state index contributed by atoms with van der Waals surface area (Å²) in [7, 11) is 1.92. The van der Waals surface area contributed by atoms with Crippen LogP contribution in [0.1, 0.15) is 18.7 Å². The highest BCUT2D eigenvalue weighted by Crippen LogP contribution is 2.25. The van der Waals surface area contributed by atoms with Crippen molar-refractivity contribution < 1.29 is 8.91 Å². The van der Waals surface area contributed by atoms with Crippen molar-refractivity contribution in [3.05, 3.63) is 36.0 Å². The van der Waals surface area contributed by atoms with Crippen LogP contribution in [0.2, 0.25) is 0 Å². The van der Waals surface area contributed by atoms with Crippen molar-refractivity contribution in [1.82, 2.24) is 15.0 Å². The number of nitrogens with zero attached hydrogens (tertiary/aromatic N) is 4. The Bertz CT molecular complexity index is 665. The van der Waals surface area contributed by atoms with Gasteiger partial charge in [-0.3, -0.25) is 0 Å². The van der Waals surface area contributed by atoms with Crippen molar-refractivity contribution in [1.29, 1.82) is 0 Å². The van der Waals surface area contributed by atoms with E-state index >= 15 is 0 Å². The van der Waals surface area contributed by atoms with Gasteiger partial charge in [0.15, 0.2) is 5.96 Å². The molecule has 21 heavy (non-hydrogen) atoms. The monoisotopic (exact) mass is 289 g/mol. The van der Waals surface area contributed by atoms with Crippen LogP contribution in [0, 0.1) is 5.82 Å². The molecule has 2 N–H and O–H groups in total. The molecule has 1 aromatic carbocycles. The van der Waals surface area contributed by atoms with Crippen LogP contribution in [0.5, 0.6) is 0 Å². The third-order valence-electron chi connectivity index (χ3n) is 3.38. The third-order valence-corrected chi connectivity index (χ3v) is 3.38. The molecule has 1 aliphatic carbocycles. The fourth-order valence-corrected chi connectivity index (χ4v) is 1.97. The minimum Gasteiger partial charge on any atom is -0.370 e. The van der Waals surface area contributed by atoms with E-state index in [4.69, 9.17) is 10.3 Å². The van der Waals surface area contributed by atoms with Gasteiger partial charge < -0.3 is 15.2 Å². The van der Waals surface area contributed by atoms with Crippen molar-refractivity contribution in [3.8, 4) is 11.4 Å². The summed E-state index contributed by atoms with van der Waals surface area (Å²) in [5, 5.41) is 3.82. The highest BCUT2D eigenvalue weighted by molar-refractivity contribution is 5.78. The van der Waals surface area contributed by atoms with E-state index in [0.29, 0.717) is 29.3 Å². The van der Waals surface area contributed by atoms with Crippen LogP contribution in [0.4, 0.5) is 4.39 Å². The average molecular weight is 289 g/mol. The molecular formula is C14H16FN5O. The summed E-state index contributed by atoms with van der Waals surface area (Å²) >= 11 is 0. The predicted molar refractivity (Wildman–Crippen MR) is 75.8 cm³/mol. The lowest BCUT2D eigenvalue weighted by Gasteiger charge is -2.16. The maximum absolute atomic E-state index is 13.2. The quantitative estimate of drug-likeness (QED) is 0.685. The Morgan fingerprint density at radius 2 is 2.33 bits per heavy atom. The molecule has 1 fully saturated rings. The van der Waals surface area contributed by atoms with Gasteiger partial charge in [-0.05, 0) is 25.0 Å². The molecule has 7 heteroatoms. The molecular weight excluding hydrogens is 273 g/mol. The standard InChI is InChI=1S/C14H16FN5O/c1-20(11-5-6-11)14(16)17-8-12-18-13(19-21-12)9-3-2-4-10(15)7-9/h2-4,7,11H,5-6,8H2,1H3,(H2,16,17). The molecule has 0 saturated heterocycles. The van der Waals surface area contributed by atoms with Gasteiger partial charge in [0, 0.05) is 18.7 Å². The Morgan fingerprint density at radius 1 is 1.52 bits per heavy atom. The fourth-order valence-electron chi connectivity index (χ4n) is 1.97. The van der Waals surface area contributed by atoms with Crippen LogP contribution < -0.4 is 5.73 Å². The number of hydrogen-bond acceptors (Lipinski definition) is 4. The molecule has 3 rings (SSSR count). The first-order valence-corrected chi connectivity index (χ1v) is 6.75. The summed E-state index contributed by atoms with van der Waals surface area (Å²) in [5.74, 6) is 0.811. The molecule has 0 atom stereocenters. The third kappa shape index (κ3) is 3.18. The zero-order chi connectivity index (χ0) is 14.8. The summed E-state index contributed by atoms with van der Waals surface area (Å²) in [6.07, 6.45) is 2.30. The largest absolute Gasteiger partial charge is 0.370 e. The second-order valence-electron chi connectivity index (χ2n) is 5.04. The first kappa shape index (κ1) is 13.5. The smallest absolute Gasteiger partial charge is 0.248 e. The first-order valence-electron chi connectivity index (χ1n) is 6.75. The number of halogens is 1. The Balaban J connectivity index is 1.69.